The van der Waals surface area contributed by atoms with E-state index in [-0.39, 0.29) is 25.5 Å². The molecular weight excluding hydrogens is 518 g/mol. The molecule has 200 valence electrons. The topological polar surface area (TPSA) is 115 Å². The van der Waals surface area contributed by atoms with Crippen molar-refractivity contribution in [3.05, 3.63) is 94.5 Å². The molecule has 39 heavy (non-hydrogen) atoms. The first kappa shape index (κ1) is 27.5. The normalized spacial score (nSPS) is 12.8. The van der Waals surface area contributed by atoms with Gasteiger partial charge in [-0.15, -0.1) is 0 Å². The summed E-state index contributed by atoms with van der Waals surface area (Å²) >= 11 is 5.95. The van der Waals surface area contributed by atoms with Gasteiger partial charge in [0, 0.05) is 36.7 Å². The number of fused-ring (bicyclic) bond motifs is 1. The Labute approximate surface area is 231 Å². The van der Waals surface area contributed by atoms with Gasteiger partial charge in [0.2, 0.25) is 5.91 Å². The van der Waals surface area contributed by atoms with E-state index in [0.717, 1.165) is 16.7 Å². The van der Waals surface area contributed by atoms with E-state index in [1.807, 2.05) is 42.6 Å². The van der Waals surface area contributed by atoms with Gasteiger partial charge < -0.3 is 15.4 Å². The van der Waals surface area contributed by atoms with Crippen LogP contribution in [0, 0.1) is 11.5 Å². The Bertz CT molecular complexity index is 1370. The van der Waals surface area contributed by atoms with Crippen LogP contribution in [0.2, 0.25) is 5.02 Å². The monoisotopic (exact) mass is 545 g/mol. The van der Waals surface area contributed by atoms with Crippen molar-refractivity contribution in [3.63, 3.8) is 0 Å². The molecule has 3 amide bonds. The van der Waals surface area contributed by atoms with Crippen LogP contribution in [-0.2, 0) is 33.8 Å². The van der Waals surface area contributed by atoms with E-state index in [4.69, 9.17) is 16.3 Å². The summed E-state index contributed by atoms with van der Waals surface area (Å²) in [6.07, 6.45) is 3.34. The second-order valence-electron chi connectivity index (χ2n) is 9.11. The SMILES string of the molecule is CN(C(=O)[C@H](Cc1ccccc1)NC(=O)COc1ccc2c(c1)NC(=O)CC2)N(C#N)Cc1ccc(Cl)cc1. The third-order valence-electron chi connectivity index (χ3n) is 6.30. The number of benzene rings is 3. The predicted octanol–water partition coefficient (Wildman–Crippen LogP) is 3.69. The maximum atomic E-state index is 13.5. The molecule has 9 nitrogen and oxygen atoms in total. The zero-order valence-electron chi connectivity index (χ0n) is 21.4. The molecule has 1 heterocycles. The van der Waals surface area contributed by atoms with Crippen LogP contribution in [0.25, 0.3) is 0 Å². The Balaban J connectivity index is 1.43. The maximum absolute atomic E-state index is 13.5. The number of nitrogens with zero attached hydrogens (tertiary/aromatic N) is 3. The molecule has 0 aliphatic carbocycles. The molecule has 0 spiro atoms. The highest BCUT2D eigenvalue weighted by molar-refractivity contribution is 6.30. The molecule has 4 rings (SSSR count). The third-order valence-corrected chi connectivity index (χ3v) is 6.56. The molecule has 3 aromatic rings. The summed E-state index contributed by atoms with van der Waals surface area (Å²) in [5, 5.41) is 18.3. The number of hydrogen-bond acceptors (Lipinski definition) is 6. The number of aryl methyl sites for hydroxylation is 1. The number of nitriles is 1. The summed E-state index contributed by atoms with van der Waals surface area (Å²) < 4.78 is 5.66. The van der Waals surface area contributed by atoms with Gasteiger partial charge in [-0.2, -0.15) is 5.26 Å². The number of nitrogens with one attached hydrogen (secondary N) is 2. The van der Waals surface area contributed by atoms with E-state index in [1.165, 1.54) is 17.1 Å². The van der Waals surface area contributed by atoms with Crippen LogP contribution in [0.1, 0.15) is 23.1 Å². The molecule has 0 fully saturated rings. The van der Waals surface area contributed by atoms with Crippen LogP contribution in [-0.4, -0.2) is 47.4 Å². The lowest BCUT2D eigenvalue weighted by Gasteiger charge is -2.30. The molecule has 0 bridgehead atoms. The number of likely N-dealkylation sites (N-methyl/N-ethyl adjacent to an activating group) is 1. The lowest BCUT2D eigenvalue weighted by Crippen LogP contribution is -2.53. The van der Waals surface area contributed by atoms with Crippen molar-refractivity contribution < 1.29 is 19.1 Å². The summed E-state index contributed by atoms with van der Waals surface area (Å²) in [5.74, 6) is -0.598. The van der Waals surface area contributed by atoms with Gasteiger partial charge in [-0.3, -0.25) is 14.4 Å². The highest BCUT2D eigenvalue weighted by Crippen LogP contribution is 2.27. The van der Waals surface area contributed by atoms with Crippen molar-refractivity contribution in [2.75, 3.05) is 19.0 Å². The molecule has 1 atom stereocenters. The smallest absolute Gasteiger partial charge is 0.264 e. The largest absolute Gasteiger partial charge is 0.484 e. The second kappa shape index (κ2) is 12.8. The van der Waals surface area contributed by atoms with Gasteiger partial charge in [-0.25, -0.2) is 10.0 Å². The average molecular weight is 546 g/mol. The number of hydrazine groups is 1. The van der Waals surface area contributed by atoms with Crippen molar-refractivity contribution in [1.29, 1.82) is 5.26 Å². The Morgan fingerprint density at radius 1 is 1.08 bits per heavy atom. The molecule has 0 aromatic heterocycles. The van der Waals surface area contributed by atoms with Crippen LogP contribution in [0.4, 0.5) is 5.69 Å². The van der Waals surface area contributed by atoms with Crippen molar-refractivity contribution in [2.45, 2.75) is 31.8 Å². The van der Waals surface area contributed by atoms with Crippen LogP contribution in [0.5, 0.6) is 5.75 Å². The summed E-state index contributed by atoms with van der Waals surface area (Å²) in [4.78, 5) is 38.1. The molecular formula is C29H28ClN5O4. The fourth-order valence-electron chi connectivity index (χ4n) is 4.19. The minimum absolute atomic E-state index is 0.0637. The van der Waals surface area contributed by atoms with Gasteiger partial charge in [-0.1, -0.05) is 60.1 Å². The Kier molecular flexibility index (Phi) is 9.02. The van der Waals surface area contributed by atoms with Gasteiger partial charge in [0.1, 0.15) is 11.8 Å². The standard InChI is InChI=1S/C29H28ClN5O4/c1-34(35(19-31)17-21-7-11-23(30)12-8-21)29(38)26(15-20-5-3-2-4-6-20)33-28(37)18-39-24-13-9-22-10-14-27(36)32-25(22)16-24/h2-9,11-13,16,26H,10,14-15,17-18H2,1H3,(H,32,36)(H,33,37)/t26-/m0/s1. The highest BCUT2D eigenvalue weighted by Gasteiger charge is 2.28. The Morgan fingerprint density at radius 3 is 2.54 bits per heavy atom. The van der Waals surface area contributed by atoms with Gasteiger partial charge in [0.15, 0.2) is 12.8 Å². The Morgan fingerprint density at radius 2 is 1.82 bits per heavy atom. The Hall–Kier alpha value is -4.55. The van der Waals surface area contributed by atoms with Crippen molar-refractivity contribution >= 4 is 35.0 Å². The number of anilines is 1. The molecule has 0 radical (unpaired) electrons. The van der Waals surface area contributed by atoms with E-state index in [2.05, 4.69) is 10.6 Å². The van der Waals surface area contributed by atoms with Gasteiger partial charge in [0.25, 0.3) is 11.8 Å². The van der Waals surface area contributed by atoms with E-state index in [1.54, 1.807) is 36.4 Å². The number of amides is 3. The molecule has 3 aromatic carbocycles. The van der Waals surface area contributed by atoms with E-state index >= 15 is 0 Å². The molecule has 0 saturated carbocycles. The first-order valence-corrected chi connectivity index (χ1v) is 12.8. The average Bonchev–Trinajstić information content (AvgIpc) is 2.95. The van der Waals surface area contributed by atoms with Gasteiger partial charge in [-0.05, 0) is 41.3 Å². The highest BCUT2D eigenvalue weighted by atomic mass is 35.5. The van der Waals surface area contributed by atoms with Gasteiger partial charge in [0.05, 0.1) is 6.54 Å². The third kappa shape index (κ3) is 7.49. The number of ether oxygens (including phenoxy) is 1. The number of carbonyl (C=O) groups excluding carboxylic acids is 3. The van der Waals surface area contributed by atoms with Crippen LogP contribution in [0.3, 0.4) is 0 Å². The summed E-state index contributed by atoms with van der Waals surface area (Å²) in [6.45, 7) is -0.179. The molecule has 1 aliphatic rings. The van der Waals surface area contributed by atoms with Crippen LogP contribution < -0.4 is 15.4 Å². The maximum Gasteiger partial charge on any atom is 0.264 e. The van der Waals surface area contributed by atoms with E-state index in [0.29, 0.717) is 29.3 Å². The number of carbonyl (C=O) groups is 3. The number of rotatable bonds is 10. The summed E-state index contributed by atoms with van der Waals surface area (Å²) in [7, 11) is 1.49. The quantitative estimate of drug-likeness (QED) is 0.228. The molecule has 1 aliphatic heterocycles. The zero-order valence-corrected chi connectivity index (χ0v) is 22.1. The summed E-state index contributed by atoms with van der Waals surface area (Å²) in [6, 6.07) is 20.6. The summed E-state index contributed by atoms with van der Waals surface area (Å²) in [5.41, 5.74) is 3.31. The molecule has 2 N–H and O–H groups in total. The molecule has 0 unspecified atom stereocenters. The first-order valence-electron chi connectivity index (χ1n) is 12.4. The molecule has 10 heteroatoms. The minimum atomic E-state index is -0.947. The second-order valence-corrected chi connectivity index (χ2v) is 9.55. The van der Waals surface area contributed by atoms with E-state index < -0.39 is 17.9 Å². The number of hydrogen-bond donors (Lipinski definition) is 2. The fraction of sp³-hybridized carbons (Fsp3) is 0.241. The fourth-order valence-corrected chi connectivity index (χ4v) is 4.32. The zero-order chi connectivity index (χ0) is 27.8. The van der Waals surface area contributed by atoms with Crippen LogP contribution in [0.15, 0.2) is 72.8 Å². The predicted molar refractivity (Wildman–Crippen MR) is 146 cm³/mol. The first-order chi connectivity index (χ1) is 18.8. The van der Waals surface area contributed by atoms with Gasteiger partial charge >= 0.3 is 0 Å². The minimum Gasteiger partial charge on any atom is -0.484 e. The lowest BCUT2D eigenvalue weighted by molar-refractivity contribution is -0.146. The number of halogens is 1. The van der Waals surface area contributed by atoms with Crippen molar-refractivity contribution in [3.8, 4) is 11.9 Å². The van der Waals surface area contributed by atoms with Crippen molar-refractivity contribution in [1.82, 2.24) is 15.3 Å². The van der Waals surface area contributed by atoms with Crippen molar-refractivity contribution in [2.24, 2.45) is 0 Å². The van der Waals surface area contributed by atoms with Crippen LogP contribution >= 0.6 is 11.6 Å². The van der Waals surface area contributed by atoms with E-state index in [9.17, 15) is 19.6 Å². The molecule has 0 saturated heterocycles. The lowest BCUT2D eigenvalue weighted by atomic mass is 10.0.